The molecular formula is C19H21ClN4O. The fraction of sp³-hybridized carbons (Fsp3) is 0.263. The molecule has 0 unspecified atom stereocenters. The van der Waals surface area contributed by atoms with Gasteiger partial charge in [-0.2, -0.15) is 5.10 Å². The number of ether oxygens (including phenoxy) is 1. The van der Waals surface area contributed by atoms with Crippen LogP contribution in [0.5, 0.6) is 5.75 Å². The highest BCUT2D eigenvalue weighted by Crippen LogP contribution is 2.29. The molecule has 5 nitrogen and oxygen atoms in total. The number of fused-ring (bicyclic) bond motifs is 1. The van der Waals surface area contributed by atoms with Crippen LogP contribution in [-0.2, 0) is 13.0 Å². The maximum absolute atomic E-state index is 5.50. The first kappa shape index (κ1) is 17.5. The fourth-order valence-electron chi connectivity index (χ4n) is 3.28. The molecule has 0 spiro atoms. The van der Waals surface area contributed by atoms with Gasteiger partial charge < -0.3 is 10.1 Å². The van der Waals surface area contributed by atoms with Gasteiger partial charge in [0.05, 0.1) is 13.2 Å². The zero-order valence-corrected chi connectivity index (χ0v) is 15.1. The summed E-state index contributed by atoms with van der Waals surface area (Å²) in [6.07, 6.45) is 0.906. The zero-order valence-electron chi connectivity index (χ0n) is 14.3. The van der Waals surface area contributed by atoms with Gasteiger partial charge in [-0.25, -0.2) is 9.67 Å². The van der Waals surface area contributed by atoms with Crippen molar-refractivity contribution in [3.63, 3.8) is 0 Å². The van der Waals surface area contributed by atoms with Gasteiger partial charge in [0.15, 0.2) is 0 Å². The lowest BCUT2D eigenvalue weighted by Crippen LogP contribution is -2.30. The summed E-state index contributed by atoms with van der Waals surface area (Å²) in [4.78, 5) is 4.69. The SMILES string of the molecule is COc1ccccc1-n1nc(C)nc1[C@H]1Cc2ccccc2CN1.Cl. The number of para-hydroxylation sites is 2. The monoisotopic (exact) mass is 356 g/mol. The number of nitrogens with one attached hydrogen (secondary N) is 1. The molecule has 0 amide bonds. The number of halogens is 1. The van der Waals surface area contributed by atoms with Crippen LogP contribution in [0.25, 0.3) is 5.69 Å². The second-order valence-electron chi connectivity index (χ2n) is 6.01. The van der Waals surface area contributed by atoms with Gasteiger partial charge in [0, 0.05) is 6.54 Å². The molecule has 2 heterocycles. The van der Waals surface area contributed by atoms with Crippen LogP contribution in [0.4, 0.5) is 0 Å². The minimum atomic E-state index is 0. The van der Waals surface area contributed by atoms with E-state index in [9.17, 15) is 0 Å². The number of nitrogens with zero attached hydrogens (tertiary/aromatic N) is 3. The molecule has 0 saturated heterocycles. The van der Waals surface area contributed by atoms with Crippen molar-refractivity contribution >= 4 is 12.4 Å². The molecule has 1 aliphatic heterocycles. The number of aromatic nitrogens is 3. The molecule has 0 radical (unpaired) electrons. The maximum atomic E-state index is 5.50. The zero-order chi connectivity index (χ0) is 16.5. The van der Waals surface area contributed by atoms with Crippen molar-refractivity contribution in [1.29, 1.82) is 0 Å². The Labute approximate surface area is 153 Å². The predicted molar refractivity (Wildman–Crippen MR) is 99.6 cm³/mol. The predicted octanol–water partition coefficient (Wildman–Crippen LogP) is 3.39. The Kier molecular flexibility index (Phi) is 5.06. The first-order valence-electron chi connectivity index (χ1n) is 8.13. The number of hydrogen-bond donors (Lipinski definition) is 1. The first-order valence-corrected chi connectivity index (χ1v) is 8.13. The smallest absolute Gasteiger partial charge is 0.150 e. The average Bonchev–Trinajstić information content (AvgIpc) is 3.03. The third-order valence-electron chi connectivity index (χ3n) is 4.44. The van der Waals surface area contributed by atoms with E-state index in [1.165, 1.54) is 11.1 Å². The lowest BCUT2D eigenvalue weighted by molar-refractivity contribution is 0.408. The second-order valence-corrected chi connectivity index (χ2v) is 6.01. The van der Waals surface area contributed by atoms with Crippen molar-refractivity contribution in [1.82, 2.24) is 20.1 Å². The highest BCUT2D eigenvalue weighted by atomic mass is 35.5. The maximum Gasteiger partial charge on any atom is 0.150 e. The molecule has 0 saturated carbocycles. The summed E-state index contributed by atoms with van der Waals surface area (Å²) in [5, 5.41) is 8.19. The van der Waals surface area contributed by atoms with Crippen LogP contribution in [0, 0.1) is 6.92 Å². The molecule has 1 N–H and O–H groups in total. The molecule has 2 aromatic carbocycles. The summed E-state index contributed by atoms with van der Waals surface area (Å²) in [5.41, 5.74) is 3.64. The van der Waals surface area contributed by atoms with Crippen molar-refractivity contribution in [2.45, 2.75) is 25.9 Å². The minimum Gasteiger partial charge on any atom is -0.494 e. The van der Waals surface area contributed by atoms with Gasteiger partial charge in [-0.15, -0.1) is 12.4 Å². The Balaban J connectivity index is 0.00000182. The van der Waals surface area contributed by atoms with E-state index >= 15 is 0 Å². The molecule has 6 heteroatoms. The van der Waals surface area contributed by atoms with Crippen molar-refractivity contribution in [2.24, 2.45) is 0 Å². The number of hydrogen-bond acceptors (Lipinski definition) is 4. The third kappa shape index (κ3) is 3.25. The molecule has 1 aliphatic rings. The highest BCUT2D eigenvalue weighted by Gasteiger charge is 2.25. The van der Waals surface area contributed by atoms with Crippen LogP contribution < -0.4 is 10.1 Å². The molecule has 1 aromatic heterocycles. The summed E-state index contributed by atoms with van der Waals surface area (Å²) >= 11 is 0. The largest absolute Gasteiger partial charge is 0.494 e. The van der Waals surface area contributed by atoms with Crippen LogP contribution in [0.15, 0.2) is 48.5 Å². The van der Waals surface area contributed by atoms with Gasteiger partial charge >= 0.3 is 0 Å². The lowest BCUT2D eigenvalue weighted by Gasteiger charge is -2.26. The van der Waals surface area contributed by atoms with Crippen LogP contribution in [-0.4, -0.2) is 21.9 Å². The van der Waals surface area contributed by atoms with Crippen LogP contribution in [0.3, 0.4) is 0 Å². The van der Waals surface area contributed by atoms with Gasteiger partial charge in [-0.1, -0.05) is 36.4 Å². The number of rotatable bonds is 3. The molecule has 130 valence electrons. The standard InChI is InChI=1S/C19H20N4O.ClH/c1-13-21-19(16-11-14-7-3-4-8-15(14)12-20-16)23(22-13)17-9-5-6-10-18(17)24-2;/h3-10,16,20H,11-12H2,1-2H3;1H/t16-;/m1./s1. The van der Waals surface area contributed by atoms with Gasteiger partial charge in [-0.3, -0.25) is 0 Å². The summed E-state index contributed by atoms with van der Waals surface area (Å²) in [5.74, 6) is 2.47. The van der Waals surface area contributed by atoms with Crippen LogP contribution in [0.2, 0.25) is 0 Å². The topological polar surface area (TPSA) is 52.0 Å². The molecule has 25 heavy (non-hydrogen) atoms. The van der Waals surface area contributed by atoms with Crippen LogP contribution in [0.1, 0.15) is 28.8 Å². The minimum absolute atomic E-state index is 0. The van der Waals surface area contributed by atoms with E-state index in [1.54, 1.807) is 7.11 Å². The fourth-order valence-corrected chi connectivity index (χ4v) is 3.28. The van der Waals surface area contributed by atoms with Crippen LogP contribution >= 0.6 is 12.4 Å². The van der Waals surface area contributed by atoms with E-state index < -0.39 is 0 Å². The Morgan fingerprint density at radius 3 is 2.60 bits per heavy atom. The second kappa shape index (κ2) is 7.25. The summed E-state index contributed by atoms with van der Waals surface area (Å²) < 4.78 is 7.40. The Hall–Kier alpha value is -2.37. The summed E-state index contributed by atoms with van der Waals surface area (Å²) in [6, 6.07) is 16.6. The summed E-state index contributed by atoms with van der Waals surface area (Å²) in [6.45, 7) is 2.77. The van der Waals surface area contributed by atoms with Gasteiger partial charge in [-0.05, 0) is 36.6 Å². The van der Waals surface area contributed by atoms with E-state index in [-0.39, 0.29) is 18.4 Å². The number of aryl methyl sites for hydroxylation is 1. The van der Waals surface area contributed by atoms with Crippen molar-refractivity contribution in [2.75, 3.05) is 7.11 Å². The van der Waals surface area contributed by atoms with Gasteiger partial charge in [0.25, 0.3) is 0 Å². The van der Waals surface area contributed by atoms with E-state index in [2.05, 4.69) is 34.7 Å². The summed E-state index contributed by atoms with van der Waals surface area (Å²) in [7, 11) is 1.68. The van der Waals surface area contributed by atoms with E-state index in [1.807, 2.05) is 35.9 Å². The highest BCUT2D eigenvalue weighted by molar-refractivity contribution is 5.85. The molecule has 0 bridgehead atoms. The van der Waals surface area contributed by atoms with Crippen molar-refractivity contribution in [3.05, 3.63) is 71.3 Å². The third-order valence-corrected chi connectivity index (χ3v) is 4.44. The molecule has 3 aromatic rings. The van der Waals surface area contributed by atoms with E-state index in [0.29, 0.717) is 0 Å². The lowest BCUT2D eigenvalue weighted by atomic mass is 9.95. The van der Waals surface area contributed by atoms with Crippen molar-refractivity contribution < 1.29 is 4.74 Å². The first-order chi connectivity index (χ1) is 11.8. The van der Waals surface area contributed by atoms with Gasteiger partial charge in [0.1, 0.15) is 23.1 Å². The van der Waals surface area contributed by atoms with E-state index in [4.69, 9.17) is 9.72 Å². The molecule has 4 rings (SSSR count). The average molecular weight is 357 g/mol. The van der Waals surface area contributed by atoms with Crippen molar-refractivity contribution in [3.8, 4) is 11.4 Å². The Morgan fingerprint density at radius 2 is 1.80 bits per heavy atom. The molecule has 1 atom stereocenters. The quantitative estimate of drug-likeness (QED) is 0.781. The molecule has 0 fully saturated rings. The molecular weight excluding hydrogens is 336 g/mol. The molecule has 0 aliphatic carbocycles. The number of methoxy groups -OCH3 is 1. The van der Waals surface area contributed by atoms with Gasteiger partial charge in [0.2, 0.25) is 0 Å². The Bertz CT molecular complexity index is 877. The van der Waals surface area contributed by atoms with E-state index in [0.717, 1.165) is 36.1 Å². The number of benzene rings is 2. The Morgan fingerprint density at radius 1 is 1.08 bits per heavy atom. The normalized spacial score (nSPS) is 16.0.